The minimum absolute atomic E-state index is 1.08. The molecule has 0 saturated heterocycles. The van der Waals surface area contributed by atoms with E-state index in [0.29, 0.717) is 0 Å². The highest BCUT2D eigenvalue weighted by molar-refractivity contribution is 5.83. The number of hydrogen-bond donors (Lipinski definition) is 1. The van der Waals surface area contributed by atoms with Gasteiger partial charge in [-0.25, -0.2) is 0 Å². The number of fused-ring (bicyclic) bond motifs is 1. The standard InChI is InChI=1S/C11H12N/c1-3-9-8(2)12-11-7-5-4-6-10(9)11/h4-5,7,12H,3H2,1-2H3. The van der Waals surface area contributed by atoms with Crippen LogP contribution in [0.5, 0.6) is 0 Å². The second-order valence-electron chi connectivity index (χ2n) is 3.04. The highest BCUT2D eigenvalue weighted by Gasteiger charge is 2.04. The van der Waals surface area contributed by atoms with E-state index in [1.54, 1.807) is 0 Å². The Kier molecular flexibility index (Phi) is 1.65. The van der Waals surface area contributed by atoms with Crippen molar-refractivity contribution in [2.45, 2.75) is 20.3 Å². The molecule has 61 valence electrons. The monoisotopic (exact) mass is 158 g/mol. The van der Waals surface area contributed by atoms with Crippen LogP contribution in [0.25, 0.3) is 10.9 Å². The lowest BCUT2D eigenvalue weighted by atomic mass is 10.1. The molecule has 2 aromatic rings. The Bertz CT molecular complexity index is 398. The SMILES string of the molecule is CCc1c(C)[nH]c2ccc[c]c12. The lowest BCUT2D eigenvalue weighted by molar-refractivity contribution is 1.11. The van der Waals surface area contributed by atoms with Gasteiger partial charge in [0, 0.05) is 16.6 Å². The highest BCUT2D eigenvalue weighted by atomic mass is 14.7. The van der Waals surface area contributed by atoms with Crippen LogP contribution in [-0.2, 0) is 6.42 Å². The molecule has 2 rings (SSSR count). The van der Waals surface area contributed by atoms with E-state index in [1.165, 1.54) is 22.2 Å². The van der Waals surface area contributed by atoms with Crippen LogP contribution in [0.1, 0.15) is 18.2 Å². The lowest BCUT2D eigenvalue weighted by Gasteiger charge is -1.92. The summed E-state index contributed by atoms with van der Waals surface area (Å²) in [5, 5.41) is 1.25. The zero-order valence-electron chi connectivity index (χ0n) is 7.44. The van der Waals surface area contributed by atoms with Crippen molar-refractivity contribution in [3.05, 3.63) is 35.5 Å². The summed E-state index contributed by atoms with van der Waals surface area (Å²) in [5.41, 5.74) is 3.87. The predicted molar refractivity (Wildman–Crippen MR) is 51.2 cm³/mol. The van der Waals surface area contributed by atoms with Gasteiger partial charge in [0.05, 0.1) is 0 Å². The zero-order chi connectivity index (χ0) is 8.55. The first kappa shape index (κ1) is 7.41. The Balaban J connectivity index is 2.81. The second-order valence-corrected chi connectivity index (χ2v) is 3.04. The van der Waals surface area contributed by atoms with Gasteiger partial charge in [-0.3, -0.25) is 0 Å². The number of hydrogen-bond acceptors (Lipinski definition) is 0. The maximum Gasteiger partial charge on any atom is 0.0465 e. The summed E-state index contributed by atoms with van der Waals surface area (Å²) >= 11 is 0. The summed E-state index contributed by atoms with van der Waals surface area (Å²) in [5.74, 6) is 0. The zero-order valence-corrected chi connectivity index (χ0v) is 7.44. The van der Waals surface area contributed by atoms with Crippen molar-refractivity contribution in [1.29, 1.82) is 0 Å². The summed E-state index contributed by atoms with van der Waals surface area (Å²) in [6.45, 7) is 4.29. The van der Waals surface area contributed by atoms with Crippen LogP contribution in [0, 0.1) is 13.0 Å². The number of H-pyrrole nitrogens is 1. The van der Waals surface area contributed by atoms with Crippen molar-refractivity contribution >= 4 is 10.9 Å². The molecule has 12 heavy (non-hydrogen) atoms. The maximum absolute atomic E-state index is 3.35. The fourth-order valence-electron chi connectivity index (χ4n) is 1.70. The topological polar surface area (TPSA) is 15.8 Å². The van der Waals surface area contributed by atoms with Gasteiger partial charge in [0.25, 0.3) is 0 Å². The van der Waals surface area contributed by atoms with Crippen LogP contribution in [0.15, 0.2) is 18.2 Å². The molecule has 1 radical (unpaired) electrons. The number of rotatable bonds is 1. The third kappa shape index (κ3) is 0.934. The van der Waals surface area contributed by atoms with Gasteiger partial charge in [-0.2, -0.15) is 0 Å². The van der Waals surface area contributed by atoms with Crippen molar-refractivity contribution in [3.8, 4) is 0 Å². The summed E-state index contributed by atoms with van der Waals surface area (Å²) in [4.78, 5) is 3.35. The smallest absolute Gasteiger partial charge is 0.0465 e. The molecular formula is C11H12N. The van der Waals surface area contributed by atoms with E-state index in [4.69, 9.17) is 0 Å². The van der Waals surface area contributed by atoms with E-state index in [0.717, 1.165) is 6.42 Å². The van der Waals surface area contributed by atoms with Gasteiger partial charge in [-0.1, -0.05) is 19.1 Å². The lowest BCUT2D eigenvalue weighted by Crippen LogP contribution is -1.79. The van der Waals surface area contributed by atoms with Gasteiger partial charge in [0.15, 0.2) is 0 Å². The van der Waals surface area contributed by atoms with Crippen LogP contribution < -0.4 is 0 Å². The average Bonchev–Trinajstić information content (AvgIpc) is 2.40. The molecular weight excluding hydrogens is 146 g/mol. The van der Waals surface area contributed by atoms with Crippen LogP contribution in [0.4, 0.5) is 0 Å². The second kappa shape index (κ2) is 2.67. The largest absolute Gasteiger partial charge is 0.358 e. The normalized spacial score (nSPS) is 10.8. The van der Waals surface area contributed by atoms with E-state index in [-0.39, 0.29) is 0 Å². The Morgan fingerprint density at radius 1 is 1.50 bits per heavy atom. The molecule has 0 amide bonds. The Morgan fingerprint density at radius 3 is 3.08 bits per heavy atom. The molecule has 1 heteroatoms. The number of aromatic nitrogens is 1. The van der Waals surface area contributed by atoms with Gasteiger partial charge < -0.3 is 4.98 Å². The maximum atomic E-state index is 3.35. The number of aryl methyl sites for hydroxylation is 2. The van der Waals surface area contributed by atoms with Crippen molar-refractivity contribution in [1.82, 2.24) is 4.98 Å². The summed E-state index contributed by atoms with van der Waals surface area (Å²) in [6.07, 6.45) is 1.08. The Hall–Kier alpha value is -1.24. The molecule has 0 bridgehead atoms. The Labute approximate surface area is 72.4 Å². The first-order valence-electron chi connectivity index (χ1n) is 4.30. The number of aromatic amines is 1. The van der Waals surface area contributed by atoms with Crippen molar-refractivity contribution in [2.75, 3.05) is 0 Å². The average molecular weight is 158 g/mol. The molecule has 1 aromatic heterocycles. The minimum Gasteiger partial charge on any atom is -0.358 e. The summed E-state index contributed by atoms with van der Waals surface area (Å²) in [6, 6.07) is 9.33. The first-order valence-corrected chi connectivity index (χ1v) is 4.30. The third-order valence-electron chi connectivity index (χ3n) is 2.29. The van der Waals surface area contributed by atoms with E-state index in [9.17, 15) is 0 Å². The third-order valence-corrected chi connectivity index (χ3v) is 2.29. The van der Waals surface area contributed by atoms with Gasteiger partial charge in [0.1, 0.15) is 0 Å². The van der Waals surface area contributed by atoms with Gasteiger partial charge in [-0.15, -0.1) is 0 Å². The van der Waals surface area contributed by atoms with Crippen molar-refractivity contribution < 1.29 is 0 Å². The molecule has 1 heterocycles. The predicted octanol–water partition coefficient (Wildman–Crippen LogP) is 2.84. The molecule has 0 fully saturated rings. The van der Waals surface area contributed by atoms with Gasteiger partial charge >= 0.3 is 0 Å². The van der Waals surface area contributed by atoms with Gasteiger partial charge in [0.2, 0.25) is 0 Å². The fourth-order valence-corrected chi connectivity index (χ4v) is 1.70. The summed E-state index contributed by atoms with van der Waals surface area (Å²) in [7, 11) is 0. The quantitative estimate of drug-likeness (QED) is 0.656. The fraction of sp³-hybridized carbons (Fsp3) is 0.273. The number of nitrogens with one attached hydrogen (secondary N) is 1. The van der Waals surface area contributed by atoms with E-state index >= 15 is 0 Å². The molecule has 0 aliphatic carbocycles. The molecule has 1 N–H and O–H groups in total. The molecule has 0 aliphatic heterocycles. The Morgan fingerprint density at radius 2 is 2.33 bits per heavy atom. The van der Waals surface area contributed by atoms with Crippen LogP contribution in [-0.4, -0.2) is 4.98 Å². The van der Waals surface area contributed by atoms with E-state index in [2.05, 4.69) is 31.0 Å². The molecule has 1 aromatic carbocycles. The molecule has 0 atom stereocenters. The van der Waals surface area contributed by atoms with Crippen LogP contribution in [0.3, 0.4) is 0 Å². The number of benzene rings is 1. The van der Waals surface area contributed by atoms with Crippen molar-refractivity contribution in [3.63, 3.8) is 0 Å². The highest BCUT2D eigenvalue weighted by Crippen LogP contribution is 2.21. The molecule has 1 nitrogen and oxygen atoms in total. The van der Waals surface area contributed by atoms with Crippen molar-refractivity contribution in [2.24, 2.45) is 0 Å². The molecule has 0 saturated carbocycles. The molecule has 0 spiro atoms. The van der Waals surface area contributed by atoms with E-state index in [1.807, 2.05) is 12.1 Å². The first-order chi connectivity index (χ1) is 5.83. The van der Waals surface area contributed by atoms with Crippen LogP contribution >= 0.6 is 0 Å². The van der Waals surface area contributed by atoms with E-state index < -0.39 is 0 Å². The minimum atomic E-state index is 1.08. The molecule has 0 unspecified atom stereocenters. The summed E-state index contributed by atoms with van der Waals surface area (Å²) < 4.78 is 0. The molecule has 0 aliphatic rings. The van der Waals surface area contributed by atoms with Crippen LogP contribution in [0.2, 0.25) is 0 Å². The van der Waals surface area contributed by atoms with Gasteiger partial charge in [-0.05, 0) is 31.0 Å².